The minimum atomic E-state index is -3.75. The maximum atomic E-state index is 15.7. The van der Waals surface area contributed by atoms with Gasteiger partial charge in [-0.25, -0.2) is 17.8 Å². The summed E-state index contributed by atoms with van der Waals surface area (Å²) in [5.41, 5.74) is 3.47. The third kappa shape index (κ3) is 4.80. The van der Waals surface area contributed by atoms with E-state index in [-0.39, 0.29) is 22.6 Å². The fourth-order valence-electron chi connectivity index (χ4n) is 4.47. The van der Waals surface area contributed by atoms with Crippen LogP contribution in [0.1, 0.15) is 41.8 Å². The Morgan fingerprint density at radius 2 is 1.84 bits per heavy atom. The highest BCUT2D eigenvalue weighted by atomic mass is 32.2. The maximum absolute atomic E-state index is 15.7. The third-order valence-electron chi connectivity index (χ3n) is 6.21. The second kappa shape index (κ2) is 10.2. The van der Waals surface area contributed by atoms with Crippen LogP contribution in [0.3, 0.4) is 0 Å². The number of ketones is 1. The molecule has 9 heteroatoms. The highest BCUT2D eigenvalue weighted by Crippen LogP contribution is 2.31. The van der Waals surface area contributed by atoms with Gasteiger partial charge in [0.05, 0.1) is 17.0 Å². The number of hydrogen-bond donors (Lipinski definition) is 2. The highest BCUT2D eigenvalue weighted by Gasteiger charge is 2.23. The van der Waals surface area contributed by atoms with Crippen molar-refractivity contribution in [1.29, 1.82) is 0 Å². The zero-order valence-electron chi connectivity index (χ0n) is 20.8. The number of aromatic nitrogens is 3. The molecule has 0 bridgehead atoms. The van der Waals surface area contributed by atoms with Crippen LogP contribution in [0.15, 0.2) is 73.2 Å². The summed E-state index contributed by atoms with van der Waals surface area (Å²) in [7, 11) is -3.75. The Labute approximate surface area is 219 Å². The van der Waals surface area contributed by atoms with Crippen molar-refractivity contribution in [3.63, 3.8) is 0 Å². The molecular weight excluding hydrogens is 503 g/mol. The van der Waals surface area contributed by atoms with E-state index in [2.05, 4.69) is 19.7 Å². The summed E-state index contributed by atoms with van der Waals surface area (Å²) in [6.45, 7) is 3.48. The molecule has 0 aliphatic heterocycles. The van der Waals surface area contributed by atoms with E-state index in [1.807, 2.05) is 18.2 Å². The van der Waals surface area contributed by atoms with Crippen molar-refractivity contribution in [2.24, 2.45) is 0 Å². The topological polar surface area (TPSA) is 105 Å². The van der Waals surface area contributed by atoms with Gasteiger partial charge in [0, 0.05) is 46.0 Å². The molecular formula is C29H25FN4O3S. The van der Waals surface area contributed by atoms with Gasteiger partial charge in [-0.2, -0.15) is 0 Å². The molecule has 0 aliphatic carbocycles. The van der Waals surface area contributed by atoms with Crippen molar-refractivity contribution >= 4 is 49.5 Å². The Hall–Kier alpha value is -4.37. The molecule has 38 heavy (non-hydrogen) atoms. The Bertz CT molecular complexity index is 1810. The summed E-state index contributed by atoms with van der Waals surface area (Å²) < 4.78 is 42.6. The summed E-state index contributed by atoms with van der Waals surface area (Å²) in [5, 5.41) is 1.58. The number of hydrogen-bond acceptors (Lipinski definition) is 5. The summed E-state index contributed by atoms with van der Waals surface area (Å²) in [5.74, 6) is -1.62. The molecule has 7 nitrogen and oxygen atoms in total. The molecule has 0 saturated carbocycles. The molecule has 0 spiro atoms. The standard InChI is InChI=1S/C29H25FN4O3S/c1-3-5-19-6-9-25(34-38(36,37)14-4-2)27(30)26(19)28(35)20-7-8-24-22(15-20)23-16-21(17-32-29(23)33-24)18-10-12-31-13-11-18/h3,5-13,15-17,34H,4,14H2,1-2H3,(H,32,33)/b5-3+. The molecule has 0 amide bonds. The Balaban J connectivity index is 1.62. The van der Waals surface area contributed by atoms with Crippen LogP contribution in [0.5, 0.6) is 0 Å². The smallest absolute Gasteiger partial charge is 0.232 e. The van der Waals surface area contributed by atoms with Crippen LogP contribution in [0.25, 0.3) is 39.1 Å². The van der Waals surface area contributed by atoms with Gasteiger partial charge in [0.25, 0.3) is 0 Å². The second-order valence-corrected chi connectivity index (χ2v) is 10.7. The number of carbonyl (C=O) groups excluding carboxylic acids is 1. The van der Waals surface area contributed by atoms with Gasteiger partial charge in [-0.1, -0.05) is 25.1 Å². The van der Waals surface area contributed by atoms with Gasteiger partial charge in [0.1, 0.15) is 5.65 Å². The monoisotopic (exact) mass is 528 g/mol. The quantitative estimate of drug-likeness (QED) is 0.229. The zero-order chi connectivity index (χ0) is 26.9. The predicted molar refractivity (Wildman–Crippen MR) is 149 cm³/mol. The molecule has 2 N–H and O–H groups in total. The predicted octanol–water partition coefficient (Wildman–Crippen LogP) is 6.33. The van der Waals surface area contributed by atoms with Crippen LogP contribution in [0, 0.1) is 5.82 Å². The Morgan fingerprint density at radius 1 is 1.05 bits per heavy atom. The largest absolute Gasteiger partial charge is 0.339 e. The third-order valence-corrected chi connectivity index (χ3v) is 7.69. The summed E-state index contributed by atoms with van der Waals surface area (Å²) in [6, 6.07) is 13.7. The van der Waals surface area contributed by atoms with Crippen LogP contribution in [0.4, 0.5) is 10.1 Å². The molecule has 0 fully saturated rings. The van der Waals surface area contributed by atoms with E-state index in [9.17, 15) is 13.2 Å². The van der Waals surface area contributed by atoms with E-state index in [0.29, 0.717) is 17.6 Å². The van der Waals surface area contributed by atoms with Gasteiger partial charge >= 0.3 is 0 Å². The number of fused-ring (bicyclic) bond motifs is 3. The number of rotatable bonds is 8. The lowest BCUT2D eigenvalue weighted by Gasteiger charge is -2.13. The molecule has 2 aromatic carbocycles. The number of halogens is 1. The normalized spacial score (nSPS) is 12.0. The van der Waals surface area contributed by atoms with Crippen LogP contribution in [-0.4, -0.2) is 34.9 Å². The Morgan fingerprint density at radius 3 is 2.58 bits per heavy atom. The molecule has 0 aliphatic rings. The van der Waals surface area contributed by atoms with Crippen LogP contribution in [-0.2, 0) is 10.0 Å². The number of carbonyl (C=O) groups is 1. The average molecular weight is 529 g/mol. The van der Waals surface area contributed by atoms with E-state index in [1.54, 1.807) is 62.8 Å². The number of nitrogens with zero attached hydrogens (tertiary/aromatic N) is 2. The van der Waals surface area contributed by atoms with Crippen molar-refractivity contribution < 1.29 is 17.6 Å². The number of benzene rings is 2. The molecule has 5 aromatic rings. The number of pyridine rings is 2. The van der Waals surface area contributed by atoms with Gasteiger partial charge in [0.2, 0.25) is 10.0 Å². The first-order chi connectivity index (χ1) is 18.3. The van der Waals surface area contributed by atoms with E-state index in [1.165, 1.54) is 12.1 Å². The fraction of sp³-hybridized carbons (Fsp3) is 0.138. The number of sulfonamides is 1. The lowest BCUT2D eigenvalue weighted by Crippen LogP contribution is -2.18. The van der Waals surface area contributed by atoms with E-state index < -0.39 is 21.6 Å². The average Bonchev–Trinajstić information content (AvgIpc) is 3.28. The van der Waals surface area contributed by atoms with Gasteiger partial charge in [-0.3, -0.25) is 14.5 Å². The first kappa shape index (κ1) is 25.3. The van der Waals surface area contributed by atoms with Gasteiger partial charge < -0.3 is 4.98 Å². The number of H-pyrrole nitrogens is 1. The Kier molecular flexibility index (Phi) is 6.77. The molecule has 0 unspecified atom stereocenters. The number of aromatic amines is 1. The van der Waals surface area contributed by atoms with Crippen LogP contribution >= 0.6 is 0 Å². The second-order valence-electron chi connectivity index (χ2n) is 8.88. The van der Waals surface area contributed by atoms with Crippen LogP contribution < -0.4 is 4.72 Å². The summed E-state index contributed by atoms with van der Waals surface area (Å²) in [4.78, 5) is 25.6. The molecule has 3 heterocycles. The first-order valence-electron chi connectivity index (χ1n) is 12.1. The molecule has 0 saturated heterocycles. The number of anilines is 1. The van der Waals surface area contributed by atoms with Crippen molar-refractivity contribution in [2.45, 2.75) is 20.3 Å². The lowest BCUT2D eigenvalue weighted by molar-refractivity contribution is 0.103. The van der Waals surface area contributed by atoms with Gasteiger partial charge in [0.15, 0.2) is 11.6 Å². The molecule has 5 rings (SSSR count). The number of nitrogens with one attached hydrogen (secondary N) is 2. The number of allylic oxidation sites excluding steroid dienone is 1. The van der Waals surface area contributed by atoms with Crippen molar-refractivity contribution in [3.8, 4) is 11.1 Å². The zero-order valence-corrected chi connectivity index (χ0v) is 21.6. The van der Waals surface area contributed by atoms with Crippen molar-refractivity contribution in [1.82, 2.24) is 15.0 Å². The fourth-order valence-corrected chi connectivity index (χ4v) is 5.60. The molecule has 0 atom stereocenters. The molecule has 192 valence electrons. The van der Waals surface area contributed by atoms with Crippen LogP contribution in [0.2, 0.25) is 0 Å². The summed E-state index contributed by atoms with van der Waals surface area (Å²) >= 11 is 0. The summed E-state index contributed by atoms with van der Waals surface area (Å²) in [6.07, 6.45) is 8.87. The minimum absolute atomic E-state index is 0.154. The van der Waals surface area contributed by atoms with Gasteiger partial charge in [-0.15, -0.1) is 0 Å². The first-order valence-corrected chi connectivity index (χ1v) is 13.8. The van der Waals surface area contributed by atoms with E-state index >= 15 is 4.39 Å². The van der Waals surface area contributed by atoms with Crippen molar-refractivity contribution in [2.75, 3.05) is 10.5 Å². The highest BCUT2D eigenvalue weighted by molar-refractivity contribution is 7.92. The van der Waals surface area contributed by atoms with Crippen molar-refractivity contribution in [3.05, 3.63) is 95.7 Å². The maximum Gasteiger partial charge on any atom is 0.232 e. The molecule has 0 radical (unpaired) electrons. The van der Waals surface area contributed by atoms with E-state index in [0.717, 1.165) is 27.4 Å². The lowest BCUT2D eigenvalue weighted by atomic mass is 9.95. The molecule has 3 aromatic heterocycles. The SMILES string of the molecule is C/C=C/c1ccc(NS(=O)(=O)CCC)c(F)c1C(=O)c1ccc2[nH]c3ncc(-c4ccncc4)cc3c2c1. The minimum Gasteiger partial charge on any atom is -0.339 e. The van der Waals surface area contributed by atoms with E-state index in [4.69, 9.17) is 0 Å². The van der Waals surface area contributed by atoms with Gasteiger partial charge in [-0.05, 0) is 66.9 Å².